The van der Waals surface area contributed by atoms with Crippen molar-refractivity contribution in [2.24, 2.45) is 5.92 Å². The summed E-state index contributed by atoms with van der Waals surface area (Å²) in [6, 6.07) is 5.01. The molecule has 0 radical (unpaired) electrons. The van der Waals surface area contributed by atoms with Crippen LogP contribution in [0.4, 0.5) is 17.6 Å². The van der Waals surface area contributed by atoms with E-state index in [0.29, 0.717) is 19.6 Å². The summed E-state index contributed by atoms with van der Waals surface area (Å²) in [6.07, 6.45) is -1.48. The second-order valence-electron chi connectivity index (χ2n) is 6.35. The third-order valence-electron chi connectivity index (χ3n) is 4.61. The minimum absolute atomic E-state index is 0.127. The first kappa shape index (κ1) is 15.7. The lowest BCUT2D eigenvalue weighted by molar-refractivity contribution is -0.143. The molecule has 2 atom stereocenters. The molecule has 1 aliphatic heterocycles. The summed E-state index contributed by atoms with van der Waals surface area (Å²) in [4.78, 5) is 1.47. The van der Waals surface area contributed by atoms with E-state index < -0.39 is 12.7 Å². The van der Waals surface area contributed by atoms with Crippen molar-refractivity contribution in [1.29, 1.82) is 0 Å². The molecule has 1 saturated heterocycles. The van der Waals surface area contributed by atoms with E-state index >= 15 is 0 Å². The Bertz CT molecular complexity index is 529. The van der Waals surface area contributed by atoms with Crippen LogP contribution in [-0.4, -0.2) is 37.3 Å². The maximum Gasteiger partial charge on any atom is 0.401 e. The van der Waals surface area contributed by atoms with Crippen LogP contribution in [0.2, 0.25) is 0 Å². The highest BCUT2D eigenvalue weighted by Gasteiger charge is 2.34. The van der Waals surface area contributed by atoms with E-state index in [-0.39, 0.29) is 17.8 Å². The van der Waals surface area contributed by atoms with Gasteiger partial charge >= 0.3 is 6.18 Å². The summed E-state index contributed by atoms with van der Waals surface area (Å²) in [7, 11) is 0. The van der Waals surface area contributed by atoms with Gasteiger partial charge in [0.15, 0.2) is 0 Å². The summed E-state index contributed by atoms with van der Waals surface area (Å²) in [5, 5.41) is 3.42. The maximum atomic E-state index is 13.3. The number of nitrogens with one attached hydrogen (secondary N) is 1. The number of rotatable bonds is 4. The van der Waals surface area contributed by atoms with Gasteiger partial charge in [0.05, 0.1) is 6.54 Å². The first-order valence-electron chi connectivity index (χ1n) is 7.71. The molecule has 1 aromatic carbocycles. The number of hydrogen-bond donors (Lipinski definition) is 1. The van der Waals surface area contributed by atoms with Crippen molar-refractivity contribution in [3.05, 3.63) is 35.1 Å². The normalized spacial score (nSPS) is 25.6. The Labute approximate surface area is 127 Å². The van der Waals surface area contributed by atoms with Gasteiger partial charge in [0.1, 0.15) is 5.82 Å². The zero-order valence-electron chi connectivity index (χ0n) is 12.3. The maximum absolute atomic E-state index is 13.3. The van der Waals surface area contributed by atoms with Crippen LogP contribution in [0.3, 0.4) is 0 Å². The molecule has 1 aliphatic carbocycles. The molecule has 1 heterocycles. The van der Waals surface area contributed by atoms with Gasteiger partial charge in [0.25, 0.3) is 0 Å². The number of halogens is 4. The van der Waals surface area contributed by atoms with E-state index in [1.807, 2.05) is 6.07 Å². The Kier molecular flexibility index (Phi) is 4.41. The molecule has 0 amide bonds. The predicted octanol–water partition coefficient (Wildman–Crippen LogP) is 3.29. The van der Waals surface area contributed by atoms with E-state index in [4.69, 9.17) is 0 Å². The molecular weight excluding hydrogens is 296 g/mol. The van der Waals surface area contributed by atoms with E-state index in [2.05, 4.69) is 5.32 Å². The van der Waals surface area contributed by atoms with Crippen molar-refractivity contribution < 1.29 is 17.6 Å². The van der Waals surface area contributed by atoms with Crippen LogP contribution in [-0.2, 0) is 6.42 Å². The molecule has 1 N–H and O–H groups in total. The Morgan fingerprint density at radius 3 is 2.82 bits per heavy atom. The lowest BCUT2D eigenvalue weighted by atomic mass is 10.1. The monoisotopic (exact) mass is 316 g/mol. The molecule has 0 bridgehead atoms. The quantitative estimate of drug-likeness (QED) is 0.858. The second-order valence-corrected chi connectivity index (χ2v) is 6.35. The first-order chi connectivity index (χ1) is 10.4. The number of fused-ring (bicyclic) bond motifs is 1. The van der Waals surface area contributed by atoms with Gasteiger partial charge in [-0.15, -0.1) is 0 Å². The van der Waals surface area contributed by atoms with E-state index in [1.54, 1.807) is 6.07 Å². The summed E-state index contributed by atoms with van der Waals surface area (Å²) in [5.41, 5.74) is 2.18. The number of hydrogen-bond acceptors (Lipinski definition) is 2. The topological polar surface area (TPSA) is 15.3 Å². The molecule has 0 saturated carbocycles. The molecule has 3 rings (SSSR count). The lowest BCUT2D eigenvalue weighted by Crippen LogP contribution is -2.34. The fraction of sp³-hybridized carbons (Fsp3) is 0.625. The second kappa shape index (κ2) is 6.16. The zero-order chi connectivity index (χ0) is 15.7. The highest BCUT2D eigenvalue weighted by atomic mass is 19.4. The van der Waals surface area contributed by atoms with Crippen molar-refractivity contribution in [3.8, 4) is 0 Å². The third-order valence-corrected chi connectivity index (χ3v) is 4.61. The Morgan fingerprint density at radius 2 is 2.05 bits per heavy atom. The number of likely N-dealkylation sites (tertiary alicyclic amines) is 1. The van der Waals surface area contributed by atoms with E-state index in [1.165, 1.54) is 16.5 Å². The van der Waals surface area contributed by atoms with E-state index in [9.17, 15) is 17.6 Å². The molecule has 2 aliphatic rings. The fourth-order valence-corrected chi connectivity index (χ4v) is 3.57. The minimum atomic E-state index is -4.12. The lowest BCUT2D eigenvalue weighted by Gasteiger charge is -2.19. The van der Waals surface area contributed by atoms with E-state index in [0.717, 1.165) is 24.8 Å². The van der Waals surface area contributed by atoms with Crippen LogP contribution in [0, 0.1) is 11.7 Å². The standard InChI is InChI=1S/C16H20F4N2/c17-13-3-1-12-2-4-15(14(12)7-13)21-8-11-5-6-22(9-11)10-16(18,19)20/h1,3,7,11,15,21H,2,4-6,8-10H2/t11-,15-/m1/s1. The molecule has 2 nitrogen and oxygen atoms in total. The van der Waals surface area contributed by atoms with Crippen LogP contribution < -0.4 is 5.32 Å². The fourth-order valence-electron chi connectivity index (χ4n) is 3.57. The molecule has 22 heavy (non-hydrogen) atoms. The number of aryl methyl sites for hydroxylation is 1. The molecule has 0 aromatic heterocycles. The van der Waals surface area contributed by atoms with Gasteiger partial charge in [-0.25, -0.2) is 4.39 Å². The van der Waals surface area contributed by atoms with Gasteiger partial charge in [0, 0.05) is 12.6 Å². The molecule has 122 valence electrons. The van der Waals surface area contributed by atoms with Gasteiger partial charge < -0.3 is 5.32 Å². The predicted molar refractivity (Wildman–Crippen MR) is 76.1 cm³/mol. The largest absolute Gasteiger partial charge is 0.401 e. The Balaban J connectivity index is 1.50. The molecule has 1 aromatic rings. The van der Waals surface area contributed by atoms with Gasteiger partial charge in [0.2, 0.25) is 0 Å². The van der Waals surface area contributed by atoms with Gasteiger partial charge in [-0.2, -0.15) is 13.2 Å². The summed E-state index contributed by atoms with van der Waals surface area (Å²) in [6.45, 7) is 0.854. The van der Waals surface area contributed by atoms with Crippen LogP contribution in [0.5, 0.6) is 0 Å². The highest BCUT2D eigenvalue weighted by Crippen LogP contribution is 2.32. The third kappa shape index (κ3) is 3.79. The van der Waals surface area contributed by atoms with Gasteiger partial charge in [-0.05, 0) is 61.5 Å². The van der Waals surface area contributed by atoms with Crippen LogP contribution in [0.25, 0.3) is 0 Å². The minimum Gasteiger partial charge on any atom is -0.310 e. The van der Waals surface area contributed by atoms with Crippen molar-refractivity contribution in [2.45, 2.75) is 31.5 Å². The average molecular weight is 316 g/mol. The zero-order valence-corrected chi connectivity index (χ0v) is 12.3. The molecular formula is C16H20F4N2. The van der Waals surface area contributed by atoms with Gasteiger partial charge in [-0.3, -0.25) is 4.90 Å². The summed E-state index contributed by atoms with van der Waals surface area (Å²) >= 11 is 0. The number of nitrogens with zero attached hydrogens (tertiary/aromatic N) is 1. The van der Waals surface area contributed by atoms with Crippen LogP contribution in [0.1, 0.15) is 30.0 Å². The average Bonchev–Trinajstić information content (AvgIpc) is 3.01. The van der Waals surface area contributed by atoms with Crippen molar-refractivity contribution in [1.82, 2.24) is 10.2 Å². The SMILES string of the molecule is Fc1ccc2c(c1)[C@H](NC[C@H]1CCN(CC(F)(F)F)C1)CC2. The van der Waals surface area contributed by atoms with Crippen molar-refractivity contribution >= 4 is 0 Å². The Hall–Kier alpha value is -1.14. The smallest absolute Gasteiger partial charge is 0.310 e. The first-order valence-corrected chi connectivity index (χ1v) is 7.71. The summed E-state index contributed by atoms with van der Waals surface area (Å²) < 4.78 is 50.5. The highest BCUT2D eigenvalue weighted by molar-refractivity contribution is 5.34. The van der Waals surface area contributed by atoms with Gasteiger partial charge in [-0.1, -0.05) is 6.07 Å². The molecule has 1 fully saturated rings. The van der Waals surface area contributed by atoms with Crippen molar-refractivity contribution in [3.63, 3.8) is 0 Å². The molecule has 0 unspecified atom stereocenters. The van der Waals surface area contributed by atoms with Crippen LogP contribution in [0.15, 0.2) is 18.2 Å². The number of alkyl halides is 3. The Morgan fingerprint density at radius 1 is 1.23 bits per heavy atom. The van der Waals surface area contributed by atoms with Crippen LogP contribution >= 0.6 is 0 Å². The summed E-state index contributed by atoms with van der Waals surface area (Å²) in [5.74, 6) is 0.00429. The number of benzene rings is 1. The molecule has 0 spiro atoms. The molecule has 6 heteroatoms. The van der Waals surface area contributed by atoms with Crippen molar-refractivity contribution in [2.75, 3.05) is 26.2 Å².